The molecule has 0 spiro atoms. The zero-order valence-electron chi connectivity index (χ0n) is 10.8. The molecule has 0 N–H and O–H groups in total. The highest BCUT2D eigenvalue weighted by atomic mass is 19.3. The van der Waals surface area contributed by atoms with Crippen LogP contribution >= 0.6 is 0 Å². The Labute approximate surface area is 114 Å². The molecule has 0 bridgehead atoms. The van der Waals surface area contributed by atoms with Gasteiger partial charge in [-0.2, -0.15) is 8.78 Å². The third kappa shape index (κ3) is 3.57. The number of hydrogen-bond donors (Lipinski definition) is 0. The van der Waals surface area contributed by atoms with E-state index >= 15 is 0 Å². The first-order valence-electron chi connectivity index (χ1n) is 5.87. The van der Waals surface area contributed by atoms with Gasteiger partial charge in [0.25, 0.3) is 5.91 Å². The van der Waals surface area contributed by atoms with Crippen molar-refractivity contribution in [2.75, 3.05) is 7.05 Å². The van der Waals surface area contributed by atoms with Gasteiger partial charge in [0.1, 0.15) is 12.0 Å². The maximum atomic E-state index is 12.0. The van der Waals surface area contributed by atoms with Gasteiger partial charge in [0, 0.05) is 13.6 Å². The van der Waals surface area contributed by atoms with Crippen LogP contribution in [0.1, 0.15) is 15.9 Å². The number of hydrogen-bond acceptors (Lipinski definition) is 3. The Kier molecular flexibility index (Phi) is 4.34. The lowest BCUT2D eigenvalue weighted by Crippen LogP contribution is -2.25. The number of carbonyl (C=O) groups is 1. The third-order valence-electron chi connectivity index (χ3n) is 2.68. The fourth-order valence-electron chi connectivity index (χ4n) is 1.73. The van der Waals surface area contributed by atoms with Gasteiger partial charge in [0.2, 0.25) is 0 Å². The topological polar surface area (TPSA) is 42.7 Å². The summed E-state index contributed by atoms with van der Waals surface area (Å²) >= 11 is 0. The maximum absolute atomic E-state index is 12.0. The molecule has 2 aromatic rings. The number of amides is 1. The fourth-order valence-corrected chi connectivity index (χ4v) is 1.73. The summed E-state index contributed by atoms with van der Waals surface area (Å²) in [6, 6.07) is 7.74. The monoisotopic (exact) mass is 281 g/mol. The molecule has 0 aliphatic rings. The van der Waals surface area contributed by atoms with Crippen LogP contribution in [-0.2, 0) is 6.54 Å². The summed E-state index contributed by atoms with van der Waals surface area (Å²) in [5.41, 5.74) is 1.27. The lowest BCUT2D eigenvalue weighted by molar-refractivity contribution is -0.0498. The van der Waals surface area contributed by atoms with E-state index < -0.39 is 6.61 Å². The predicted octanol–water partition coefficient (Wildman–Crippen LogP) is 3.15. The Morgan fingerprint density at radius 1 is 1.30 bits per heavy atom. The van der Waals surface area contributed by atoms with Crippen LogP contribution in [0.3, 0.4) is 0 Å². The van der Waals surface area contributed by atoms with E-state index in [9.17, 15) is 13.6 Å². The standard InChI is InChI=1S/C14H13F2NO3/c1-17(13(18)11-6-7-19-9-11)8-10-2-4-12(5-3-10)20-14(15)16/h2-7,9,14H,8H2,1H3. The second-order valence-corrected chi connectivity index (χ2v) is 4.20. The van der Waals surface area contributed by atoms with E-state index in [0.29, 0.717) is 12.1 Å². The SMILES string of the molecule is CN(Cc1ccc(OC(F)F)cc1)C(=O)c1ccoc1. The summed E-state index contributed by atoms with van der Waals surface area (Å²) in [6.45, 7) is -2.48. The van der Waals surface area contributed by atoms with Gasteiger partial charge >= 0.3 is 6.61 Å². The van der Waals surface area contributed by atoms with Crippen molar-refractivity contribution in [2.45, 2.75) is 13.2 Å². The number of ether oxygens (including phenoxy) is 1. The molecule has 1 aromatic heterocycles. The Balaban J connectivity index is 1.97. The zero-order valence-corrected chi connectivity index (χ0v) is 10.8. The van der Waals surface area contributed by atoms with Crippen molar-refractivity contribution >= 4 is 5.91 Å². The molecule has 0 unspecified atom stereocenters. The van der Waals surface area contributed by atoms with E-state index in [4.69, 9.17) is 4.42 Å². The molecule has 0 aliphatic carbocycles. The van der Waals surface area contributed by atoms with Gasteiger partial charge in [0.05, 0.1) is 11.8 Å². The number of alkyl halides is 2. The summed E-state index contributed by atoms with van der Waals surface area (Å²) in [4.78, 5) is 13.5. The molecule has 106 valence electrons. The van der Waals surface area contributed by atoms with E-state index in [1.165, 1.54) is 29.6 Å². The second-order valence-electron chi connectivity index (χ2n) is 4.20. The van der Waals surface area contributed by atoms with Crippen molar-refractivity contribution in [3.63, 3.8) is 0 Å². The first kappa shape index (κ1) is 14.0. The van der Waals surface area contributed by atoms with Crippen molar-refractivity contribution in [1.82, 2.24) is 4.90 Å². The van der Waals surface area contributed by atoms with Crippen molar-refractivity contribution in [3.8, 4) is 5.75 Å². The number of nitrogens with zero attached hydrogens (tertiary/aromatic N) is 1. The molecular weight excluding hydrogens is 268 g/mol. The van der Waals surface area contributed by atoms with Crippen LogP contribution in [0.2, 0.25) is 0 Å². The van der Waals surface area contributed by atoms with E-state index in [-0.39, 0.29) is 11.7 Å². The van der Waals surface area contributed by atoms with Crippen LogP contribution in [-0.4, -0.2) is 24.5 Å². The molecule has 0 atom stereocenters. The maximum Gasteiger partial charge on any atom is 0.387 e. The van der Waals surface area contributed by atoms with Crippen molar-refractivity contribution < 1.29 is 22.7 Å². The Hall–Kier alpha value is -2.37. The summed E-state index contributed by atoms with van der Waals surface area (Å²) in [5, 5.41) is 0. The van der Waals surface area contributed by atoms with Crippen molar-refractivity contribution in [2.24, 2.45) is 0 Å². The molecule has 0 saturated carbocycles. The van der Waals surface area contributed by atoms with E-state index in [0.717, 1.165) is 5.56 Å². The van der Waals surface area contributed by atoms with Gasteiger partial charge in [-0.3, -0.25) is 4.79 Å². The van der Waals surface area contributed by atoms with Crippen LogP contribution in [0.15, 0.2) is 47.3 Å². The number of halogens is 2. The third-order valence-corrected chi connectivity index (χ3v) is 2.68. The second kappa shape index (κ2) is 6.18. The molecule has 20 heavy (non-hydrogen) atoms. The lowest BCUT2D eigenvalue weighted by atomic mass is 10.2. The Morgan fingerprint density at radius 2 is 2.00 bits per heavy atom. The highest BCUT2D eigenvalue weighted by molar-refractivity contribution is 5.93. The van der Waals surface area contributed by atoms with E-state index in [2.05, 4.69) is 4.74 Å². The van der Waals surface area contributed by atoms with Crippen LogP contribution in [0.25, 0.3) is 0 Å². The minimum absolute atomic E-state index is 0.0903. The minimum atomic E-state index is -2.84. The largest absolute Gasteiger partial charge is 0.472 e. The van der Waals surface area contributed by atoms with Crippen LogP contribution < -0.4 is 4.74 Å². The molecule has 4 nitrogen and oxygen atoms in total. The van der Waals surface area contributed by atoms with Gasteiger partial charge in [-0.15, -0.1) is 0 Å². The van der Waals surface area contributed by atoms with Gasteiger partial charge in [-0.1, -0.05) is 12.1 Å². The summed E-state index contributed by atoms with van der Waals surface area (Å²) in [5.74, 6) is -0.0841. The van der Waals surface area contributed by atoms with Crippen molar-refractivity contribution in [3.05, 3.63) is 54.0 Å². The molecule has 6 heteroatoms. The summed E-state index contributed by atoms with van der Waals surface area (Å²) in [6.07, 6.45) is 2.80. The van der Waals surface area contributed by atoms with Crippen LogP contribution in [0.4, 0.5) is 8.78 Å². The van der Waals surface area contributed by atoms with Crippen LogP contribution in [0.5, 0.6) is 5.75 Å². The highest BCUT2D eigenvalue weighted by Gasteiger charge is 2.13. The number of carbonyl (C=O) groups excluding carboxylic acids is 1. The molecule has 0 radical (unpaired) electrons. The molecule has 0 aliphatic heterocycles. The van der Waals surface area contributed by atoms with Gasteiger partial charge in [-0.25, -0.2) is 0 Å². The molecule has 1 aromatic carbocycles. The average Bonchev–Trinajstić information content (AvgIpc) is 2.93. The van der Waals surface area contributed by atoms with E-state index in [1.807, 2.05) is 0 Å². The predicted molar refractivity (Wildman–Crippen MR) is 67.6 cm³/mol. The summed E-state index contributed by atoms with van der Waals surface area (Å²) < 4.78 is 33.1. The molecule has 1 amide bonds. The molecule has 1 heterocycles. The molecule has 2 rings (SSSR count). The smallest absolute Gasteiger partial charge is 0.387 e. The highest BCUT2D eigenvalue weighted by Crippen LogP contribution is 2.16. The Morgan fingerprint density at radius 3 is 2.55 bits per heavy atom. The number of rotatable bonds is 5. The van der Waals surface area contributed by atoms with Crippen molar-refractivity contribution in [1.29, 1.82) is 0 Å². The fraction of sp³-hybridized carbons (Fsp3) is 0.214. The minimum Gasteiger partial charge on any atom is -0.472 e. The Bertz CT molecular complexity index is 552. The first-order valence-corrected chi connectivity index (χ1v) is 5.87. The van der Waals surface area contributed by atoms with Gasteiger partial charge in [-0.05, 0) is 23.8 Å². The normalized spacial score (nSPS) is 10.6. The first-order chi connectivity index (χ1) is 9.56. The number of furan rings is 1. The van der Waals surface area contributed by atoms with Crippen LogP contribution in [0, 0.1) is 0 Å². The molecule has 0 saturated heterocycles. The van der Waals surface area contributed by atoms with E-state index in [1.54, 1.807) is 25.2 Å². The van der Waals surface area contributed by atoms with Gasteiger partial charge < -0.3 is 14.1 Å². The molecule has 0 fully saturated rings. The van der Waals surface area contributed by atoms with Gasteiger partial charge in [0.15, 0.2) is 0 Å². The zero-order chi connectivity index (χ0) is 14.5. The average molecular weight is 281 g/mol. The quantitative estimate of drug-likeness (QED) is 0.845. The lowest BCUT2D eigenvalue weighted by Gasteiger charge is -2.16. The molecular formula is C14H13F2NO3. The number of benzene rings is 1. The summed E-state index contributed by atoms with van der Waals surface area (Å²) in [7, 11) is 1.65.